The second-order valence-corrected chi connectivity index (χ2v) is 16.1. The predicted octanol–water partition coefficient (Wildman–Crippen LogP) is -1.27. The summed E-state index contributed by atoms with van der Waals surface area (Å²) < 4.78 is 30.8. The van der Waals surface area contributed by atoms with Crippen LogP contribution in [0.2, 0.25) is 0 Å². The number of benzene rings is 2. The summed E-state index contributed by atoms with van der Waals surface area (Å²) in [4.78, 5) is 38.8. The van der Waals surface area contributed by atoms with Gasteiger partial charge in [0.15, 0.2) is 6.54 Å². The van der Waals surface area contributed by atoms with E-state index in [4.69, 9.17) is 5.73 Å². The largest absolute Gasteiger partial charge is 0.543 e. The molecule has 0 bridgehead atoms. The molecule has 0 aromatic heterocycles. The number of carboxylic acids is 1. The Bertz CT molecular complexity index is 1780. The summed E-state index contributed by atoms with van der Waals surface area (Å²) in [5.41, 5.74) is 7.02. The van der Waals surface area contributed by atoms with Crippen LogP contribution in [-0.2, 0) is 30.8 Å². The molecule has 2 saturated heterocycles. The van der Waals surface area contributed by atoms with Gasteiger partial charge < -0.3 is 39.9 Å². The number of carboxylic acid groups (broad SMARTS) is 1. The summed E-state index contributed by atoms with van der Waals surface area (Å²) in [6, 6.07) is 8.45. The highest BCUT2D eigenvalue weighted by Gasteiger charge is 2.59. The van der Waals surface area contributed by atoms with Crippen LogP contribution in [0.5, 0.6) is 0 Å². The molecular formula is C33H45N6O7S+. The third-order valence-corrected chi connectivity index (χ3v) is 12.8. The third kappa shape index (κ3) is 5.49. The Morgan fingerprint density at radius 1 is 1.13 bits per heavy atom. The fourth-order valence-electron chi connectivity index (χ4n) is 8.05. The number of likely N-dealkylation sites (N-methyl/N-ethyl adjacent to an activating group) is 2. The van der Waals surface area contributed by atoms with Gasteiger partial charge in [-0.1, -0.05) is 25.1 Å². The number of rotatable bonds is 11. The number of amides is 2. The van der Waals surface area contributed by atoms with Gasteiger partial charge in [0.1, 0.15) is 26.2 Å². The number of aliphatic carboxylic acids is 1. The summed E-state index contributed by atoms with van der Waals surface area (Å²) in [5.74, 6) is -3.25. The molecule has 254 valence electrons. The van der Waals surface area contributed by atoms with E-state index in [0.717, 1.165) is 59.5 Å². The molecule has 6 rings (SSSR count). The maximum absolute atomic E-state index is 14.0. The van der Waals surface area contributed by atoms with E-state index in [9.17, 15) is 33.0 Å². The lowest BCUT2D eigenvalue weighted by atomic mass is 9.78. The van der Waals surface area contributed by atoms with E-state index in [-0.39, 0.29) is 23.0 Å². The minimum absolute atomic E-state index is 0.0165. The lowest BCUT2D eigenvalue weighted by molar-refractivity contribution is -1.01. The molecule has 4 aliphatic heterocycles. The number of hydrogen-bond donors (Lipinski definition) is 3. The quantitative estimate of drug-likeness (QED) is 0.196. The monoisotopic (exact) mass is 669 g/mol. The van der Waals surface area contributed by atoms with E-state index in [0.29, 0.717) is 40.8 Å². The lowest BCUT2D eigenvalue weighted by Gasteiger charge is -2.47. The van der Waals surface area contributed by atoms with Crippen molar-refractivity contribution >= 4 is 44.3 Å². The molecule has 3 unspecified atom stereocenters. The number of β-lactam (4-membered cyclic amide) rings is 1. The molecule has 0 radical (unpaired) electrons. The van der Waals surface area contributed by atoms with Crippen LogP contribution in [0, 0.1) is 11.8 Å². The van der Waals surface area contributed by atoms with Gasteiger partial charge in [-0.15, -0.1) is 0 Å². The number of anilines is 1. The number of aliphatic hydroxyl groups excluding tert-OH is 1. The average Bonchev–Trinajstić information content (AvgIpc) is 3.38. The number of quaternary nitrogens is 2. The summed E-state index contributed by atoms with van der Waals surface area (Å²) in [6.07, 6.45) is -0.236. The summed E-state index contributed by atoms with van der Waals surface area (Å²) >= 11 is 0. The topological polar surface area (TPSA) is 173 Å². The zero-order chi connectivity index (χ0) is 34.1. The number of carbonyl (C=O) groups excluding carboxylic acids is 3. The van der Waals surface area contributed by atoms with E-state index in [1.54, 1.807) is 19.1 Å². The standard InChI is InChI=1S/C33H44N6O7S/c1-20-24(31(33(43)44)37-30(20)28(21(2)40)32(37)42)18-36-25-7-5-6-23-22(8-9-26(29(23)25)47(36,45)46)10-13-38(3)14-16-39(4,17-15-38)19-27(41)35-12-11-34/h5-9,20-21,28,30,40H,10-19,34H2,1-4H3/p+1/t20-,21?,28?,30?,38?,39?/m0/s1. The lowest BCUT2D eigenvalue weighted by Crippen LogP contribution is -2.66. The van der Waals surface area contributed by atoms with E-state index in [1.165, 1.54) is 11.2 Å². The first-order valence-electron chi connectivity index (χ1n) is 16.3. The van der Waals surface area contributed by atoms with Gasteiger partial charge in [0.2, 0.25) is 5.91 Å². The SMILES string of the molecule is CC(O)C1C(=O)N2C(C(=O)[O-])=C(CN3c4cccc5c(CC[N+]6(C)CC[N+](C)(CC(=O)NCCN)CC6)ccc(c45)S3(=O)=O)[C@H](C)C12. The second kappa shape index (κ2) is 11.8. The maximum Gasteiger partial charge on any atom is 0.275 e. The van der Waals surface area contributed by atoms with Crippen molar-refractivity contribution in [2.75, 3.05) is 77.3 Å². The first-order chi connectivity index (χ1) is 22.1. The number of fused-ring (bicyclic) bond motifs is 1. The van der Waals surface area contributed by atoms with Gasteiger partial charge in [-0.2, -0.15) is 0 Å². The van der Waals surface area contributed by atoms with Crippen molar-refractivity contribution in [3.8, 4) is 0 Å². The molecule has 0 aliphatic carbocycles. The number of nitrogens with zero attached hydrogens (tertiary/aromatic N) is 4. The van der Waals surface area contributed by atoms with E-state index in [2.05, 4.69) is 19.4 Å². The van der Waals surface area contributed by atoms with Crippen LogP contribution in [-0.4, -0.2) is 130 Å². The molecular weight excluding hydrogens is 624 g/mol. The van der Waals surface area contributed by atoms with Crippen molar-refractivity contribution in [2.24, 2.45) is 17.6 Å². The van der Waals surface area contributed by atoms with Crippen molar-refractivity contribution in [1.82, 2.24) is 10.2 Å². The molecule has 2 aromatic carbocycles. The van der Waals surface area contributed by atoms with Crippen LogP contribution in [0.4, 0.5) is 5.69 Å². The highest BCUT2D eigenvalue weighted by atomic mass is 32.2. The van der Waals surface area contributed by atoms with E-state index < -0.39 is 45.9 Å². The highest BCUT2D eigenvalue weighted by Crippen LogP contribution is 2.49. The fourth-order valence-corrected chi connectivity index (χ4v) is 9.72. The second-order valence-electron chi connectivity index (χ2n) is 14.3. The number of hydrogen-bond acceptors (Lipinski definition) is 8. The van der Waals surface area contributed by atoms with E-state index >= 15 is 0 Å². The fraction of sp³-hybridized carbons (Fsp3) is 0.545. The normalized spacial score (nSPS) is 30.0. The molecule has 2 fully saturated rings. The van der Waals surface area contributed by atoms with Gasteiger partial charge in [0.25, 0.3) is 15.9 Å². The van der Waals surface area contributed by atoms with Crippen LogP contribution >= 0.6 is 0 Å². The Balaban J connectivity index is 1.23. The molecule has 4 atom stereocenters. The number of piperazine rings is 1. The third-order valence-electron chi connectivity index (χ3n) is 11.0. The Kier molecular flexibility index (Phi) is 8.40. The first kappa shape index (κ1) is 33.3. The predicted molar refractivity (Wildman–Crippen MR) is 173 cm³/mol. The van der Waals surface area contributed by atoms with Gasteiger partial charge in [0.05, 0.1) is 67.5 Å². The number of carbonyl (C=O) groups is 3. The first-order valence-corrected chi connectivity index (χ1v) is 17.7. The van der Waals surface area contributed by atoms with Gasteiger partial charge in [-0.3, -0.25) is 13.9 Å². The van der Waals surface area contributed by atoms with Crippen molar-refractivity contribution in [1.29, 1.82) is 0 Å². The smallest absolute Gasteiger partial charge is 0.275 e. The molecule has 14 heteroatoms. The van der Waals surface area contributed by atoms with Crippen LogP contribution in [0.25, 0.3) is 10.8 Å². The van der Waals surface area contributed by atoms with Gasteiger partial charge in [0, 0.05) is 30.8 Å². The average molecular weight is 670 g/mol. The van der Waals surface area contributed by atoms with Gasteiger partial charge in [-0.25, -0.2) is 8.42 Å². The number of nitrogens with two attached hydrogens (primary N) is 1. The Morgan fingerprint density at radius 3 is 2.45 bits per heavy atom. The Hall–Kier alpha value is -3.56. The van der Waals surface area contributed by atoms with Crippen molar-refractivity contribution in [3.05, 3.63) is 47.2 Å². The zero-order valence-electron chi connectivity index (χ0n) is 27.4. The molecule has 4 heterocycles. The molecule has 0 saturated carbocycles. The summed E-state index contributed by atoms with van der Waals surface area (Å²) in [6.45, 7) is 8.75. The van der Waals surface area contributed by atoms with Crippen molar-refractivity contribution < 1.29 is 42.0 Å². The van der Waals surface area contributed by atoms with E-state index in [1.807, 2.05) is 18.2 Å². The molecule has 2 aromatic rings. The van der Waals surface area contributed by atoms with Gasteiger partial charge in [-0.05, 0) is 35.6 Å². The Labute approximate surface area is 275 Å². The van der Waals surface area contributed by atoms with Crippen LogP contribution in [0.3, 0.4) is 0 Å². The maximum atomic E-state index is 14.0. The minimum atomic E-state index is -4.02. The molecule has 47 heavy (non-hydrogen) atoms. The van der Waals surface area contributed by atoms with Crippen molar-refractivity contribution in [2.45, 2.75) is 37.3 Å². The van der Waals surface area contributed by atoms with Crippen LogP contribution in [0.1, 0.15) is 19.4 Å². The van der Waals surface area contributed by atoms with Crippen LogP contribution < -0.4 is 20.5 Å². The minimum Gasteiger partial charge on any atom is -0.543 e. The summed E-state index contributed by atoms with van der Waals surface area (Å²) in [5, 5.41) is 26.8. The van der Waals surface area contributed by atoms with Crippen molar-refractivity contribution in [3.63, 3.8) is 0 Å². The zero-order valence-corrected chi connectivity index (χ0v) is 28.3. The van der Waals surface area contributed by atoms with Gasteiger partial charge >= 0.3 is 0 Å². The Morgan fingerprint density at radius 2 is 1.81 bits per heavy atom. The summed E-state index contributed by atoms with van der Waals surface area (Å²) in [7, 11) is 0.321. The number of sulfonamides is 1. The molecule has 4 N–H and O–H groups in total. The number of aliphatic hydroxyl groups is 1. The molecule has 0 spiro atoms. The number of nitrogens with one attached hydrogen (secondary N) is 1. The molecule has 2 amide bonds. The molecule has 13 nitrogen and oxygen atoms in total. The highest BCUT2D eigenvalue weighted by molar-refractivity contribution is 7.93. The molecule has 4 aliphatic rings. The van der Waals surface area contributed by atoms with Crippen LogP contribution in [0.15, 0.2) is 46.5 Å².